The SMILES string of the molecule is CC(=O)OC(C1CCC(NC(=O)Oc2ccc([N+](=O)[O-])cc2)CC1)N1Cc2c(cnc3c2ccn3S(=O)(=O)c2ccccc2)N1. The number of fused-ring (bicyclic) bond motifs is 3. The lowest BCUT2D eigenvalue weighted by Gasteiger charge is -2.37. The van der Waals surface area contributed by atoms with E-state index < -0.39 is 33.2 Å². The van der Waals surface area contributed by atoms with Crippen molar-refractivity contribution in [1.29, 1.82) is 0 Å². The van der Waals surface area contributed by atoms with E-state index in [1.54, 1.807) is 30.5 Å². The predicted octanol–water partition coefficient (Wildman–Crippen LogP) is 4.56. The highest BCUT2D eigenvalue weighted by molar-refractivity contribution is 7.90. The third kappa shape index (κ3) is 6.17. The van der Waals surface area contributed by atoms with Gasteiger partial charge in [-0.2, -0.15) is 5.01 Å². The Morgan fingerprint density at radius 2 is 1.78 bits per heavy atom. The summed E-state index contributed by atoms with van der Waals surface area (Å²) in [5.41, 5.74) is 5.02. The van der Waals surface area contributed by atoms with Crippen molar-refractivity contribution in [3.8, 4) is 5.75 Å². The molecule has 1 fully saturated rings. The summed E-state index contributed by atoms with van der Waals surface area (Å²) < 4.78 is 38.9. The number of nitrogens with one attached hydrogen (secondary N) is 2. The van der Waals surface area contributed by atoms with Gasteiger partial charge in [0.25, 0.3) is 15.7 Å². The molecule has 2 aromatic heterocycles. The van der Waals surface area contributed by atoms with Crippen molar-refractivity contribution in [2.24, 2.45) is 5.92 Å². The first kappa shape index (κ1) is 30.0. The second-order valence-electron chi connectivity index (χ2n) is 11.0. The van der Waals surface area contributed by atoms with Gasteiger partial charge in [-0.15, -0.1) is 0 Å². The van der Waals surface area contributed by atoms with Crippen LogP contribution in [-0.2, 0) is 26.1 Å². The molecule has 3 heterocycles. The van der Waals surface area contributed by atoms with Crippen LogP contribution >= 0.6 is 0 Å². The predicted molar refractivity (Wildman–Crippen MR) is 161 cm³/mol. The standard InChI is InChI=1S/C30H30N6O8S/c1-19(37)43-29(20-7-9-21(10-8-20)32-30(38)44-23-13-11-22(12-14-23)36(39)40)34-18-26-25-15-16-35(28(25)31-17-27(26)33-34)45(41,42)24-5-3-2-4-6-24/h2-6,11-17,20-21,29,33H,7-10,18H2,1H3,(H,32,38). The number of carbonyl (C=O) groups is 2. The lowest BCUT2D eigenvalue weighted by atomic mass is 9.84. The number of hydrazine groups is 1. The molecule has 1 aliphatic carbocycles. The number of hydrogen-bond donors (Lipinski definition) is 2. The van der Waals surface area contributed by atoms with E-state index in [1.165, 1.54) is 53.5 Å². The number of rotatable bonds is 8. The summed E-state index contributed by atoms with van der Waals surface area (Å²) in [6, 6.07) is 15.0. The Hall–Kier alpha value is -5.02. The topological polar surface area (TPSA) is 175 Å². The molecule has 0 radical (unpaired) electrons. The zero-order valence-corrected chi connectivity index (χ0v) is 25.0. The van der Waals surface area contributed by atoms with Gasteiger partial charge in [-0.05, 0) is 56.0 Å². The lowest BCUT2D eigenvalue weighted by Crippen LogP contribution is -2.47. The maximum atomic E-state index is 13.3. The quantitative estimate of drug-likeness (QED) is 0.158. The molecule has 0 bridgehead atoms. The number of amides is 1. The summed E-state index contributed by atoms with van der Waals surface area (Å²) in [6.45, 7) is 1.70. The van der Waals surface area contributed by atoms with Gasteiger partial charge < -0.3 is 20.2 Å². The molecule has 1 unspecified atom stereocenters. The Morgan fingerprint density at radius 3 is 2.44 bits per heavy atom. The van der Waals surface area contributed by atoms with Crippen molar-refractivity contribution in [3.05, 3.63) is 88.7 Å². The van der Waals surface area contributed by atoms with Crippen LogP contribution in [-0.4, -0.2) is 51.6 Å². The van der Waals surface area contributed by atoms with E-state index >= 15 is 0 Å². The number of aromatic nitrogens is 2. The monoisotopic (exact) mass is 634 g/mol. The van der Waals surface area contributed by atoms with Crippen molar-refractivity contribution in [1.82, 2.24) is 19.3 Å². The number of carbonyl (C=O) groups excluding carboxylic acids is 2. The Bertz CT molecular complexity index is 1850. The molecule has 0 saturated heterocycles. The Balaban J connectivity index is 1.12. The Morgan fingerprint density at radius 1 is 1.07 bits per heavy atom. The maximum absolute atomic E-state index is 13.3. The van der Waals surface area contributed by atoms with E-state index in [9.17, 15) is 28.1 Å². The minimum absolute atomic E-state index is 0.0500. The molecule has 1 saturated carbocycles. The molecule has 2 N–H and O–H groups in total. The number of nitrogens with zero attached hydrogens (tertiary/aromatic N) is 4. The van der Waals surface area contributed by atoms with Crippen LogP contribution < -0.4 is 15.5 Å². The summed E-state index contributed by atoms with van der Waals surface area (Å²) in [4.78, 5) is 39.5. The Kier molecular flexibility index (Phi) is 8.12. The minimum Gasteiger partial charge on any atom is -0.445 e. The van der Waals surface area contributed by atoms with E-state index in [0.717, 1.165) is 5.56 Å². The molecule has 2 aliphatic rings. The highest BCUT2D eigenvalue weighted by Crippen LogP contribution is 2.37. The second-order valence-corrected chi connectivity index (χ2v) is 12.8. The average molecular weight is 635 g/mol. The molecule has 4 aromatic rings. The first-order valence-electron chi connectivity index (χ1n) is 14.3. The first-order chi connectivity index (χ1) is 21.6. The fourth-order valence-corrected chi connectivity index (χ4v) is 7.20. The molecule has 45 heavy (non-hydrogen) atoms. The zero-order valence-electron chi connectivity index (χ0n) is 24.2. The molecule has 1 aliphatic heterocycles. The van der Waals surface area contributed by atoms with Crippen LogP contribution in [0.5, 0.6) is 5.75 Å². The molecule has 2 aromatic carbocycles. The third-order valence-corrected chi connectivity index (χ3v) is 9.71. The van der Waals surface area contributed by atoms with Crippen LogP contribution in [0, 0.1) is 16.0 Å². The molecule has 234 valence electrons. The number of nitro benzene ring substituents is 1. The fourth-order valence-electron chi connectivity index (χ4n) is 5.87. The van der Waals surface area contributed by atoms with Gasteiger partial charge in [0.1, 0.15) is 5.75 Å². The van der Waals surface area contributed by atoms with Crippen LogP contribution in [0.25, 0.3) is 11.0 Å². The fraction of sp³-hybridized carbons (Fsp3) is 0.300. The van der Waals surface area contributed by atoms with Gasteiger partial charge in [-0.1, -0.05) is 18.2 Å². The van der Waals surface area contributed by atoms with Crippen molar-refractivity contribution in [2.75, 3.05) is 5.43 Å². The van der Waals surface area contributed by atoms with Gasteiger partial charge in [0.2, 0.25) is 0 Å². The van der Waals surface area contributed by atoms with Crippen LogP contribution in [0.4, 0.5) is 16.2 Å². The van der Waals surface area contributed by atoms with Gasteiger partial charge >= 0.3 is 12.1 Å². The number of ether oxygens (including phenoxy) is 2. The number of hydrogen-bond acceptors (Lipinski definition) is 11. The van der Waals surface area contributed by atoms with Crippen molar-refractivity contribution in [3.63, 3.8) is 0 Å². The normalized spacial score (nSPS) is 18.9. The summed E-state index contributed by atoms with van der Waals surface area (Å²) in [5.74, 6) is -0.294. The van der Waals surface area contributed by atoms with Crippen molar-refractivity contribution >= 4 is 44.5 Å². The molecule has 6 rings (SSSR count). The summed E-state index contributed by atoms with van der Waals surface area (Å²) >= 11 is 0. The molecule has 0 spiro atoms. The molecule has 1 atom stereocenters. The van der Waals surface area contributed by atoms with E-state index in [0.29, 0.717) is 48.9 Å². The first-order valence-corrected chi connectivity index (χ1v) is 15.8. The van der Waals surface area contributed by atoms with Crippen LogP contribution in [0.2, 0.25) is 0 Å². The summed E-state index contributed by atoms with van der Waals surface area (Å²) in [7, 11) is -3.85. The Labute approximate surface area is 258 Å². The highest BCUT2D eigenvalue weighted by atomic mass is 32.2. The molecule has 14 nitrogen and oxygen atoms in total. The lowest BCUT2D eigenvalue weighted by molar-refractivity contribution is -0.384. The van der Waals surface area contributed by atoms with Crippen LogP contribution in [0.3, 0.4) is 0 Å². The van der Waals surface area contributed by atoms with Crippen molar-refractivity contribution < 1.29 is 32.4 Å². The van der Waals surface area contributed by atoms with Gasteiger partial charge in [0.15, 0.2) is 11.9 Å². The van der Waals surface area contributed by atoms with E-state index in [1.807, 2.05) is 5.01 Å². The van der Waals surface area contributed by atoms with E-state index in [-0.39, 0.29) is 28.3 Å². The minimum atomic E-state index is -3.85. The van der Waals surface area contributed by atoms with Crippen molar-refractivity contribution in [2.45, 2.75) is 56.3 Å². The van der Waals surface area contributed by atoms with Gasteiger partial charge in [-0.3, -0.25) is 14.9 Å². The van der Waals surface area contributed by atoms with Crippen LogP contribution in [0.15, 0.2) is 78.0 Å². The third-order valence-electron chi connectivity index (χ3n) is 8.03. The molecular formula is C30H30N6O8S. The molecule has 1 amide bonds. The number of non-ortho nitro benzene ring substituents is 1. The zero-order chi connectivity index (χ0) is 31.7. The smallest absolute Gasteiger partial charge is 0.412 e. The number of benzene rings is 2. The maximum Gasteiger partial charge on any atom is 0.412 e. The molecule has 15 heteroatoms. The number of nitro groups is 1. The molecular weight excluding hydrogens is 604 g/mol. The second kappa shape index (κ2) is 12.2. The summed E-state index contributed by atoms with van der Waals surface area (Å²) in [6.07, 6.45) is 4.33. The van der Waals surface area contributed by atoms with E-state index in [4.69, 9.17) is 9.47 Å². The van der Waals surface area contributed by atoms with Gasteiger partial charge in [0, 0.05) is 54.7 Å². The van der Waals surface area contributed by atoms with Gasteiger partial charge in [0.05, 0.1) is 21.7 Å². The largest absolute Gasteiger partial charge is 0.445 e. The number of anilines is 1. The number of pyridine rings is 1. The van der Waals surface area contributed by atoms with E-state index in [2.05, 4.69) is 15.7 Å². The highest BCUT2D eigenvalue weighted by Gasteiger charge is 2.38. The van der Waals surface area contributed by atoms with Gasteiger partial charge in [-0.25, -0.2) is 22.2 Å². The average Bonchev–Trinajstić information content (AvgIpc) is 3.66. The van der Waals surface area contributed by atoms with Crippen LogP contribution in [0.1, 0.15) is 38.2 Å². The summed E-state index contributed by atoms with van der Waals surface area (Å²) in [5, 5.41) is 16.2. The number of esters is 1.